The van der Waals surface area contributed by atoms with Gasteiger partial charge in [-0.05, 0) is 74.8 Å². The molecule has 0 aliphatic rings. The van der Waals surface area contributed by atoms with E-state index in [1.54, 1.807) is 0 Å². The fourth-order valence-corrected chi connectivity index (χ4v) is 5.71. The van der Waals surface area contributed by atoms with Crippen LogP contribution in [0.5, 0.6) is 0 Å². The summed E-state index contributed by atoms with van der Waals surface area (Å²) in [7, 11) is 0. The minimum Gasteiger partial charge on any atom is -0.292 e. The average Bonchev–Trinajstić information content (AvgIpc) is 3.37. The number of aromatic nitrogens is 2. The summed E-state index contributed by atoms with van der Waals surface area (Å²) in [6, 6.07) is 47.9. The average molecular weight is 471 g/mol. The van der Waals surface area contributed by atoms with Gasteiger partial charge in [0.05, 0.1) is 16.6 Å². The van der Waals surface area contributed by atoms with Crippen molar-refractivity contribution < 1.29 is 0 Å². The van der Waals surface area contributed by atoms with Gasteiger partial charge >= 0.3 is 0 Å². The molecule has 0 radical (unpaired) electrons. The van der Waals surface area contributed by atoms with Crippen LogP contribution in [-0.4, -0.2) is 9.38 Å². The minimum atomic E-state index is 1.01. The van der Waals surface area contributed by atoms with Crippen molar-refractivity contribution >= 4 is 49.1 Å². The first-order valence-electron chi connectivity index (χ1n) is 12.6. The standard InChI is InChI=1S/C35H22N2/c1-2-8-23(9-3-1)24-14-16-25(17-15-24)28-18-19-33-30(21-28)29-20-26-10-4-5-11-27(26)22-31(29)35-36-32-12-6-7-13-34(32)37(33)35/h1-22H. The van der Waals surface area contributed by atoms with Gasteiger partial charge in [0.25, 0.3) is 0 Å². The first-order chi connectivity index (χ1) is 18.3. The van der Waals surface area contributed by atoms with Gasteiger partial charge in [-0.2, -0.15) is 0 Å². The summed E-state index contributed by atoms with van der Waals surface area (Å²) < 4.78 is 2.32. The molecule has 172 valence electrons. The number of para-hydroxylation sites is 2. The molecule has 37 heavy (non-hydrogen) atoms. The molecule has 2 heterocycles. The third-order valence-corrected chi connectivity index (χ3v) is 7.54. The second kappa shape index (κ2) is 7.78. The second-order valence-corrected chi connectivity index (χ2v) is 9.68. The van der Waals surface area contributed by atoms with Crippen molar-refractivity contribution in [3.63, 3.8) is 0 Å². The van der Waals surface area contributed by atoms with Crippen molar-refractivity contribution in [3.8, 4) is 22.3 Å². The van der Waals surface area contributed by atoms with Crippen LogP contribution in [0, 0.1) is 0 Å². The zero-order valence-corrected chi connectivity index (χ0v) is 20.1. The Morgan fingerprint density at radius 1 is 0.405 bits per heavy atom. The quantitative estimate of drug-likeness (QED) is 0.182. The molecule has 0 aliphatic heterocycles. The summed E-state index contributed by atoms with van der Waals surface area (Å²) in [6.07, 6.45) is 0. The molecule has 2 heteroatoms. The van der Waals surface area contributed by atoms with Gasteiger partial charge in [0.2, 0.25) is 0 Å². The summed E-state index contributed by atoms with van der Waals surface area (Å²) in [6.45, 7) is 0. The zero-order chi connectivity index (χ0) is 24.3. The molecule has 2 nitrogen and oxygen atoms in total. The highest BCUT2D eigenvalue weighted by Gasteiger charge is 2.15. The summed E-state index contributed by atoms with van der Waals surface area (Å²) in [5.41, 5.74) is 9.23. The Balaban J connectivity index is 1.43. The Labute approximate surface area is 214 Å². The van der Waals surface area contributed by atoms with Crippen LogP contribution in [0.15, 0.2) is 133 Å². The van der Waals surface area contributed by atoms with Crippen LogP contribution < -0.4 is 0 Å². The van der Waals surface area contributed by atoms with Gasteiger partial charge in [-0.3, -0.25) is 4.40 Å². The Morgan fingerprint density at radius 2 is 1.00 bits per heavy atom. The van der Waals surface area contributed by atoms with Crippen molar-refractivity contribution in [3.05, 3.63) is 133 Å². The van der Waals surface area contributed by atoms with Crippen LogP contribution in [-0.2, 0) is 0 Å². The molecule has 8 aromatic rings. The number of nitrogens with zero attached hydrogens (tertiary/aromatic N) is 2. The lowest BCUT2D eigenvalue weighted by Crippen LogP contribution is -1.92. The molecule has 0 saturated heterocycles. The Morgan fingerprint density at radius 3 is 1.78 bits per heavy atom. The van der Waals surface area contributed by atoms with E-state index in [0.29, 0.717) is 0 Å². The lowest BCUT2D eigenvalue weighted by molar-refractivity contribution is 1.32. The van der Waals surface area contributed by atoms with Gasteiger partial charge in [-0.1, -0.05) is 97.1 Å². The molecule has 0 fully saturated rings. The summed E-state index contributed by atoms with van der Waals surface area (Å²) in [5.74, 6) is 0. The molecule has 0 unspecified atom stereocenters. The number of benzene rings is 6. The monoisotopic (exact) mass is 470 g/mol. The summed E-state index contributed by atoms with van der Waals surface area (Å²) in [5, 5.41) is 6.13. The van der Waals surface area contributed by atoms with Crippen LogP contribution in [0.1, 0.15) is 0 Å². The van der Waals surface area contributed by atoms with Crippen molar-refractivity contribution in [2.75, 3.05) is 0 Å². The van der Waals surface area contributed by atoms with E-state index in [1.807, 2.05) is 0 Å². The maximum atomic E-state index is 5.08. The maximum absolute atomic E-state index is 5.08. The molecule has 0 amide bonds. The molecule has 8 rings (SSSR count). The molecule has 2 aromatic heterocycles. The number of hydrogen-bond donors (Lipinski definition) is 0. The highest BCUT2D eigenvalue weighted by molar-refractivity contribution is 6.18. The van der Waals surface area contributed by atoms with Crippen LogP contribution >= 0.6 is 0 Å². The first kappa shape index (κ1) is 20.3. The molecule has 0 saturated carbocycles. The maximum Gasteiger partial charge on any atom is 0.146 e. The molecular formula is C35H22N2. The van der Waals surface area contributed by atoms with E-state index in [0.717, 1.165) is 16.7 Å². The first-order valence-corrected chi connectivity index (χ1v) is 12.6. The highest BCUT2D eigenvalue weighted by atomic mass is 15.0. The highest BCUT2D eigenvalue weighted by Crippen LogP contribution is 2.37. The van der Waals surface area contributed by atoms with Gasteiger partial charge in [-0.15, -0.1) is 0 Å². The van der Waals surface area contributed by atoms with Crippen LogP contribution in [0.2, 0.25) is 0 Å². The van der Waals surface area contributed by atoms with E-state index in [4.69, 9.17) is 4.98 Å². The third kappa shape index (κ3) is 3.09. The van der Waals surface area contributed by atoms with E-state index in [2.05, 4.69) is 138 Å². The van der Waals surface area contributed by atoms with E-state index in [-0.39, 0.29) is 0 Å². The lowest BCUT2D eigenvalue weighted by atomic mass is 9.96. The van der Waals surface area contributed by atoms with Crippen molar-refractivity contribution in [1.82, 2.24) is 9.38 Å². The van der Waals surface area contributed by atoms with Crippen molar-refractivity contribution in [2.24, 2.45) is 0 Å². The molecule has 0 spiro atoms. The van der Waals surface area contributed by atoms with Crippen LogP contribution in [0.3, 0.4) is 0 Å². The smallest absolute Gasteiger partial charge is 0.146 e. The molecular weight excluding hydrogens is 448 g/mol. The van der Waals surface area contributed by atoms with E-state index in [1.165, 1.54) is 54.7 Å². The number of imidazole rings is 1. The fourth-order valence-electron chi connectivity index (χ4n) is 5.71. The molecule has 0 aliphatic carbocycles. The number of hydrogen-bond acceptors (Lipinski definition) is 1. The topological polar surface area (TPSA) is 17.3 Å². The predicted molar refractivity (Wildman–Crippen MR) is 156 cm³/mol. The largest absolute Gasteiger partial charge is 0.292 e. The van der Waals surface area contributed by atoms with E-state index >= 15 is 0 Å². The minimum absolute atomic E-state index is 1.01. The zero-order valence-electron chi connectivity index (χ0n) is 20.1. The number of fused-ring (bicyclic) bond motifs is 9. The van der Waals surface area contributed by atoms with Gasteiger partial charge in [0, 0.05) is 10.8 Å². The second-order valence-electron chi connectivity index (χ2n) is 9.68. The Hall–Kier alpha value is -4.95. The lowest BCUT2D eigenvalue weighted by Gasteiger charge is -2.12. The van der Waals surface area contributed by atoms with E-state index in [9.17, 15) is 0 Å². The number of pyridine rings is 1. The SMILES string of the molecule is c1ccc(-c2ccc(-c3ccc4c(c3)c3cc5ccccc5cc3c3nc5ccccc5n43)cc2)cc1. The van der Waals surface area contributed by atoms with Crippen LogP contribution in [0.4, 0.5) is 0 Å². The molecule has 0 bridgehead atoms. The third-order valence-electron chi connectivity index (χ3n) is 7.54. The summed E-state index contributed by atoms with van der Waals surface area (Å²) >= 11 is 0. The molecule has 6 aromatic carbocycles. The normalized spacial score (nSPS) is 11.8. The van der Waals surface area contributed by atoms with Gasteiger partial charge in [0.15, 0.2) is 0 Å². The van der Waals surface area contributed by atoms with Gasteiger partial charge in [0.1, 0.15) is 5.65 Å². The fraction of sp³-hybridized carbons (Fsp3) is 0. The molecule has 0 N–H and O–H groups in total. The van der Waals surface area contributed by atoms with Gasteiger partial charge < -0.3 is 0 Å². The van der Waals surface area contributed by atoms with Gasteiger partial charge in [-0.25, -0.2) is 4.98 Å². The van der Waals surface area contributed by atoms with E-state index < -0.39 is 0 Å². The van der Waals surface area contributed by atoms with Crippen molar-refractivity contribution in [1.29, 1.82) is 0 Å². The summed E-state index contributed by atoms with van der Waals surface area (Å²) in [4.78, 5) is 5.08. The van der Waals surface area contributed by atoms with Crippen LogP contribution in [0.25, 0.3) is 71.4 Å². The Kier molecular flexibility index (Phi) is 4.26. The Bertz CT molecular complexity index is 2120. The molecule has 0 atom stereocenters. The predicted octanol–water partition coefficient (Wildman–Crippen LogP) is 9.28. The van der Waals surface area contributed by atoms with Crippen molar-refractivity contribution in [2.45, 2.75) is 0 Å². The number of rotatable bonds is 2.